The molecule has 6 rings (SSSR count). The van der Waals surface area contributed by atoms with Gasteiger partial charge >= 0.3 is 0 Å². The van der Waals surface area contributed by atoms with Gasteiger partial charge in [-0.2, -0.15) is 0 Å². The molecule has 1 saturated heterocycles. The Kier molecular flexibility index (Phi) is 6.12. The highest BCUT2D eigenvalue weighted by Crippen LogP contribution is 2.43. The summed E-state index contributed by atoms with van der Waals surface area (Å²) in [5.41, 5.74) is 6.01. The Balaban J connectivity index is 1.59. The number of aromatic nitrogens is 1. The third-order valence-corrected chi connectivity index (χ3v) is 7.37. The number of hydrogen-bond donors (Lipinski definition) is 1. The molecule has 1 aromatic heterocycles. The van der Waals surface area contributed by atoms with Crippen LogP contribution in [0, 0.1) is 0 Å². The first-order valence-corrected chi connectivity index (χ1v) is 12.8. The lowest BCUT2D eigenvalue weighted by Crippen LogP contribution is -2.38. The highest BCUT2D eigenvalue weighted by Gasteiger charge is 2.24. The number of fused-ring (bicyclic) bond motifs is 3. The van der Waals surface area contributed by atoms with Gasteiger partial charge in [-0.1, -0.05) is 103 Å². The number of aliphatic hydroxyl groups excluding tert-OH is 1. The molecule has 5 aromatic rings. The van der Waals surface area contributed by atoms with Gasteiger partial charge in [0.15, 0.2) is 0 Å². The summed E-state index contributed by atoms with van der Waals surface area (Å²) in [5, 5.41) is 15.1. The van der Waals surface area contributed by atoms with Gasteiger partial charge in [-0.05, 0) is 42.4 Å². The largest absolute Gasteiger partial charge is 0.390 e. The first-order valence-electron chi connectivity index (χ1n) is 12.8. The number of rotatable bonds is 6. The van der Waals surface area contributed by atoms with Crippen LogP contribution in [0.4, 0.5) is 0 Å². The van der Waals surface area contributed by atoms with Crippen LogP contribution in [-0.4, -0.2) is 40.3 Å². The molecular weight excluding hydrogens is 428 g/mol. The van der Waals surface area contributed by atoms with Crippen molar-refractivity contribution in [3.63, 3.8) is 0 Å². The van der Waals surface area contributed by atoms with Crippen LogP contribution >= 0.6 is 0 Å². The quantitative estimate of drug-likeness (QED) is 0.296. The molecule has 1 N–H and O–H groups in total. The number of aliphatic hydroxyl groups is 1. The van der Waals surface area contributed by atoms with E-state index in [0.29, 0.717) is 6.54 Å². The van der Waals surface area contributed by atoms with Crippen LogP contribution in [0.3, 0.4) is 0 Å². The molecular formula is C32H32N2O. The minimum atomic E-state index is -0.436. The van der Waals surface area contributed by atoms with Gasteiger partial charge in [-0.3, -0.25) is 0 Å². The molecule has 1 atom stereocenters. The molecule has 1 fully saturated rings. The molecule has 1 aliphatic rings. The molecule has 0 spiro atoms. The van der Waals surface area contributed by atoms with Crippen molar-refractivity contribution in [2.24, 2.45) is 0 Å². The molecule has 2 heterocycles. The third-order valence-electron chi connectivity index (χ3n) is 7.37. The van der Waals surface area contributed by atoms with E-state index in [-0.39, 0.29) is 0 Å². The van der Waals surface area contributed by atoms with Crippen molar-refractivity contribution < 1.29 is 5.11 Å². The first kappa shape index (κ1) is 22.1. The Morgan fingerprint density at radius 3 is 2.03 bits per heavy atom. The SMILES string of the molecule is O[C@@H](CN1CCCCC1)Cn1c(-c2ccccc2)c(-c2ccccc2)c2ccc3ccccc3c21. The van der Waals surface area contributed by atoms with E-state index in [1.54, 1.807) is 0 Å². The van der Waals surface area contributed by atoms with Crippen LogP contribution in [0.25, 0.3) is 44.1 Å². The van der Waals surface area contributed by atoms with E-state index in [1.165, 1.54) is 63.3 Å². The normalized spacial score (nSPS) is 15.6. The van der Waals surface area contributed by atoms with Gasteiger partial charge in [0, 0.05) is 22.9 Å². The van der Waals surface area contributed by atoms with E-state index in [2.05, 4.69) is 107 Å². The molecule has 176 valence electrons. The van der Waals surface area contributed by atoms with E-state index >= 15 is 0 Å². The van der Waals surface area contributed by atoms with Crippen LogP contribution in [0.2, 0.25) is 0 Å². The topological polar surface area (TPSA) is 28.4 Å². The van der Waals surface area contributed by atoms with Gasteiger partial charge in [0.25, 0.3) is 0 Å². The lowest BCUT2D eigenvalue weighted by molar-refractivity contribution is 0.0896. The average Bonchev–Trinajstić information content (AvgIpc) is 3.24. The number of nitrogens with zero attached hydrogens (tertiary/aromatic N) is 2. The molecule has 0 aliphatic carbocycles. The molecule has 35 heavy (non-hydrogen) atoms. The predicted molar refractivity (Wildman–Crippen MR) is 147 cm³/mol. The van der Waals surface area contributed by atoms with Crippen molar-refractivity contribution in [2.45, 2.75) is 31.9 Å². The summed E-state index contributed by atoms with van der Waals surface area (Å²) in [4.78, 5) is 2.43. The molecule has 3 nitrogen and oxygen atoms in total. The van der Waals surface area contributed by atoms with Crippen LogP contribution in [0.15, 0.2) is 97.1 Å². The second-order valence-corrected chi connectivity index (χ2v) is 9.76. The van der Waals surface area contributed by atoms with Gasteiger partial charge in [0.2, 0.25) is 0 Å². The van der Waals surface area contributed by atoms with Crippen molar-refractivity contribution >= 4 is 21.7 Å². The van der Waals surface area contributed by atoms with Gasteiger partial charge < -0.3 is 14.6 Å². The molecule has 0 amide bonds. The van der Waals surface area contributed by atoms with Crippen LogP contribution in [-0.2, 0) is 6.54 Å². The second-order valence-electron chi connectivity index (χ2n) is 9.76. The summed E-state index contributed by atoms with van der Waals surface area (Å²) in [6.07, 6.45) is 3.34. The fourth-order valence-corrected chi connectivity index (χ4v) is 5.81. The number of hydrogen-bond acceptors (Lipinski definition) is 2. The lowest BCUT2D eigenvalue weighted by Gasteiger charge is -2.29. The zero-order valence-electron chi connectivity index (χ0n) is 20.1. The molecule has 0 saturated carbocycles. The van der Waals surface area contributed by atoms with Gasteiger partial charge in [-0.15, -0.1) is 0 Å². The number of benzene rings is 4. The Hall–Kier alpha value is -3.40. The smallest absolute Gasteiger partial charge is 0.0845 e. The summed E-state index contributed by atoms with van der Waals surface area (Å²) in [5.74, 6) is 0. The number of β-amino-alcohol motifs (C(OH)–C–C–N with tert-alkyl or cyclic N) is 1. The highest BCUT2D eigenvalue weighted by molar-refractivity contribution is 6.15. The van der Waals surface area contributed by atoms with Crippen molar-refractivity contribution in [2.75, 3.05) is 19.6 Å². The van der Waals surface area contributed by atoms with E-state index in [1.807, 2.05) is 0 Å². The Morgan fingerprint density at radius 1 is 0.629 bits per heavy atom. The Bertz CT molecular complexity index is 1430. The van der Waals surface area contributed by atoms with Gasteiger partial charge in [0.05, 0.1) is 23.9 Å². The van der Waals surface area contributed by atoms with Crippen LogP contribution in [0.5, 0.6) is 0 Å². The van der Waals surface area contributed by atoms with Gasteiger partial charge in [-0.25, -0.2) is 0 Å². The maximum atomic E-state index is 11.4. The van der Waals surface area contributed by atoms with Crippen molar-refractivity contribution in [3.05, 3.63) is 97.1 Å². The van der Waals surface area contributed by atoms with Crippen LogP contribution in [0.1, 0.15) is 19.3 Å². The fraction of sp³-hybridized carbons (Fsp3) is 0.250. The minimum absolute atomic E-state index is 0.436. The standard InChI is InChI=1S/C32H32N2O/c35-27(22-33-20-10-3-11-21-33)23-34-31(26-15-6-2-7-16-26)30(25-13-4-1-5-14-25)29-19-18-24-12-8-9-17-28(24)32(29)34/h1-2,4-9,12-19,27,35H,3,10-11,20-23H2/t27-/m0/s1. The Morgan fingerprint density at radius 2 is 1.29 bits per heavy atom. The lowest BCUT2D eigenvalue weighted by atomic mass is 9.97. The van der Waals surface area contributed by atoms with E-state index in [9.17, 15) is 5.11 Å². The van der Waals surface area contributed by atoms with Crippen molar-refractivity contribution in [3.8, 4) is 22.4 Å². The zero-order chi connectivity index (χ0) is 23.6. The maximum Gasteiger partial charge on any atom is 0.0845 e. The highest BCUT2D eigenvalue weighted by atomic mass is 16.3. The summed E-state index contributed by atoms with van der Waals surface area (Å²) in [6, 6.07) is 34.5. The zero-order valence-corrected chi connectivity index (χ0v) is 20.1. The fourth-order valence-electron chi connectivity index (χ4n) is 5.81. The van der Waals surface area contributed by atoms with E-state index in [0.717, 1.165) is 19.6 Å². The second kappa shape index (κ2) is 9.69. The van der Waals surface area contributed by atoms with E-state index in [4.69, 9.17) is 0 Å². The minimum Gasteiger partial charge on any atom is -0.390 e. The summed E-state index contributed by atoms with van der Waals surface area (Å²) < 4.78 is 2.39. The third kappa shape index (κ3) is 4.27. The predicted octanol–water partition coefficient (Wildman–Crippen LogP) is 6.98. The molecule has 0 unspecified atom stereocenters. The van der Waals surface area contributed by atoms with Crippen LogP contribution < -0.4 is 0 Å². The van der Waals surface area contributed by atoms with E-state index < -0.39 is 6.10 Å². The summed E-state index contributed by atoms with van der Waals surface area (Å²) in [7, 11) is 0. The first-order chi connectivity index (χ1) is 17.3. The van der Waals surface area contributed by atoms with Crippen molar-refractivity contribution in [1.82, 2.24) is 9.47 Å². The monoisotopic (exact) mass is 460 g/mol. The molecule has 3 heteroatoms. The number of piperidine rings is 1. The van der Waals surface area contributed by atoms with Gasteiger partial charge in [0.1, 0.15) is 0 Å². The summed E-state index contributed by atoms with van der Waals surface area (Å²) >= 11 is 0. The summed E-state index contributed by atoms with van der Waals surface area (Å²) in [6.45, 7) is 3.47. The molecule has 4 aromatic carbocycles. The molecule has 0 radical (unpaired) electrons. The maximum absolute atomic E-state index is 11.4. The van der Waals surface area contributed by atoms with Crippen molar-refractivity contribution in [1.29, 1.82) is 0 Å². The average molecular weight is 461 g/mol. The number of likely N-dealkylation sites (tertiary alicyclic amines) is 1. The molecule has 1 aliphatic heterocycles. The Labute approximate surface area is 207 Å². The molecule has 0 bridgehead atoms.